The lowest BCUT2D eigenvalue weighted by Gasteiger charge is -2.07. The van der Waals surface area contributed by atoms with Crippen LogP contribution in [0.4, 0.5) is 0 Å². The Morgan fingerprint density at radius 2 is 2.18 bits per heavy atom. The molecule has 17 heavy (non-hydrogen) atoms. The van der Waals surface area contributed by atoms with Gasteiger partial charge in [0.25, 0.3) is 5.91 Å². The van der Waals surface area contributed by atoms with Crippen LogP contribution in [0.1, 0.15) is 36.7 Å². The molecule has 0 saturated carbocycles. The fourth-order valence-corrected chi connectivity index (χ4v) is 1.92. The highest BCUT2D eigenvalue weighted by atomic mass is 16.1. The maximum atomic E-state index is 12.0. The Balaban J connectivity index is 2.43. The van der Waals surface area contributed by atoms with Gasteiger partial charge < -0.3 is 10.3 Å². The van der Waals surface area contributed by atoms with Crippen LogP contribution in [0.2, 0.25) is 0 Å². The monoisotopic (exact) mass is 230 g/mol. The molecule has 0 atom stereocenters. The molecule has 0 bridgehead atoms. The van der Waals surface area contributed by atoms with Crippen molar-refractivity contribution >= 4 is 16.8 Å². The van der Waals surface area contributed by atoms with E-state index in [9.17, 15) is 4.79 Å². The quantitative estimate of drug-likeness (QED) is 0.836. The number of rotatable bonds is 3. The number of aromatic amines is 1. The molecule has 2 rings (SSSR count). The molecule has 0 aliphatic rings. The van der Waals surface area contributed by atoms with Crippen molar-refractivity contribution in [2.45, 2.75) is 33.2 Å². The Hall–Kier alpha value is -1.77. The normalized spacial score (nSPS) is 11.1. The first-order valence-electron chi connectivity index (χ1n) is 6.02. The predicted molar refractivity (Wildman–Crippen MR) is 70.3 cm³/mol. The first-order chi connectivity index (χ1) is 8.11. The third-order valence-corrected chi connectivity index (χ3v) is 2.82. The molecule has 3 heteroatoms. The van der Waals surface area contributed by atoms with E-state index in [1.807, 2.05) is 19.9 Å². The summed E-state index contributed by atoms with van der Waals surface area (Å²) in [7, 11) is 0. The minimum atomic E-state index is -0.0143. The number of hydrogen-bond acceptors (Lipinski definition) is 1. The zero-order valence-electron chi connectivity index (χ0n) is 10.5. The van der Waals surface area contributed by atoms with E-state index in [4.69, 9.17) is 0 Å². The lowest BCUT2D eigenvalue weighted by molar-refractivity contribution is 0.0945. The van der Waals surface area contributed by atoms with Gasteiger partial charge in [-0.15, -0.1) is 0 Å². The summed E-state index contributed by atoms with van der Waals surface area (Å²) >= 11 is 0. The molecule has 90 valence electrons. The van der Waals surface area contributed by atoms with Gasteiger partial charge in [0.1, 0.15) is 0 Å². The molecule has 1 amide bonds. The third kappa shape index (κ3) is 2.33. The SMILES string of the molecule is CCc1ccc2[nH]cc(C(=O)NC(C)C)c2c1. The Morgan fingerprint density at radius 3 is 2.82 bits per heavy atom. The van der Waals surface area contributed by atoms with Gasteiger partial charge in [-0.25, -0.2) is 0 Å². The largest absolute Gasteiger partial charge is 0.360 e. The van der Waals surface area contributed by atoms with E-state index in [1.165, 1.54) is 5.56 Å². The third-order valence-electron chi connectivity index (χ3n) is 2.82. The van der Waals surface area contributed by atoms with Gasteiger partial charge in [-0.1, -0.05) is 13.0 Å². The summed E-state index contributed by atoms with van der Waals surface area (Å²) in [5, 5.41) is 3.92. The molecule has 0 radical (unpaired) electrons. The van der Waals surface area contributed by atoms with Crippen LogP contribution >= 0.6 is 0 Å². The average molecular weight is 230 g/mol. The van der Waals surface area contributed by atoms with Gasteiger partial charge in [0.05, 0.1) is 5.56 Å². The van der Waals surface area contributed by atoms with Crippen LogP contribution in [0.15, 0.2) is 24.4 Å². The number of hydrogen-bond donors (Lipinski definition) is 2. The van der Waals surface area contributed by atoms with Gasteiger partial charge in [-0.05, 0) is 38.0 Å². The van der Waals surface area contributed by atoms with Gasteiger partial charge in [-0.2, -0.15) is 0 Å². The van der Waals surface area contributed by atoms with Crippen molar-refractivity contribution < 1.29 is 4.79 Å². The highest BCUT2D eigenvalue weighted by Gasteiger charge is 2.12. The molecule has 2 aromatic rings. The van der Waals surface area contributed by atoms with Crippen molar-refractivity contribution in [2.75, 3.05) is 0 Å². The molecule has 3 nitrogen and oxygen atoms in total. The smallest absolute Gasteiger partial charge is 0.253 e. The second-order valence-corrected chi connectivity index (χ2v) is 4.56. The van der Waals surface area contributed by atoms with Crippen LogP contribution in [-0.4, -0.2) is 16.9 Å². The second-order valence-electron chi connectivity index (χ2n) is 4.56. The Morgan fingerprint density at radius 1 is 1.41 bits per heavy atom. The van der Waals surface area contributed by atoms with Gasteiger partial charge in [0.15, 0.2) is 0 Å². The summed E-state index contributed by atoms with van der Waals surface area (Å²) in [6, 6.07) is 6.35. The molecule has 0 fully saturated rings. The van der Waals surface area contributed by atoms with E-state index in [0.29, 0.717) is 0 Å². The van der Waals surface area contributed by atoms with Gasteiger partial charge in [0, 0.05) is 23.1 Å². The summed E-state index contributed by atoms with van der Waals surface area (Å²) in [6.45, 7) is 6.04. The molecule has 0 aliphatic heterocycles. The number of aryl methyl sites for hydroxylation is 1. The topological polar surface area (TPSA) is 44.9 Å². The number of amides is 1. The summed E-state index contributed by atoms with van der Waals surface area (Å²) in [5.41, 5.74) is 2.98. The Bertz CT molecular complexity index is 540. The van der Waals surface area contributed by atoms with Gasteiger partial charge >= 0.3 is 0 Å². The van der Waals surface area contributed by atoms with E-state index in [2.05, 4.69) is 29.4 Å². The first-order valence-corrected chi connectivity index (χ1v) is 6.02. The highest BCUT2D eigenvalue weighted by Crippen LogP contribution is 2.20. The zero-order chi connectivity index (χ0) is 12.4. The number of carbonyl (C=O) groups excluding carboxylic acids is 1. The zero-order valence-corrected chi connectivity index (χ0v) is 10.5. The molecule has 1 heterocycles. The lowest BCUT2D eigenvalue weighted by Crippen LogP contribution is -2.29. The molecule has 2 N–H and O–H groups in total. The molecule has 0 saturated heterocycles. The standard InChI is InChI=1S/C14H18N2O/c1-4-10-5-6-13-11(7-10)12(8-15-13)14(17)16-9(2)3/h5-9,15H,4H2,1-3H3,(H,16,17). The average Bonchev–Trinajstić information content (AvgIpc) is 2.70. The van der Waals surface area contributed by atoms with E-state index in [-0.39, 0.29) is 11.9 Å². The number of benzene rings is 1. The molecule has 1 aromatic carbocycles. The molecule has 0 aliphatic carbocycles. The van der Waals surface area contributed by atoms with Crippen molar-refractivity contribution in [3.8, 4) is 0 Å². The van der Waals surface area contributed by atoms with E-state index in [0.717, 1.165) is 22.9 Å². The number of aromatic nitrogens is 1. The summed E-state index contributed by atoms with van der Waals surface area (Å²) in [6.07, 6.45) is 2.76. The van der Waals surface area contributed by atoms with Crippen LogP contribution < -0.4 is 5.32 Å². The van der Waals surface area contributed by atoms with Crippen LogP contribution in [0.5, 0.6) is 0 Å². The molecule has 1 aromatic heterocycles. The Kier molecular flexibility index (Phi) is 3.18. The van der Waals surface area contributed by atoms with Crippen LogP contribution in [0.3, 0.4) is 0 Å². The minimum absolute atomic E-state index is 0.0143. The van der Waals surface area contributed by atoms with Crippen molar-refractivity contribution in [1.82, 2.24) is 10.3 Å². The lowest BCUT2D eigenvalue weighted by atomic mass is 10.1. The number of carbonyl (C=O) groups is 1. The minimum Gasteiger partial charge on any atom is -0.360 e. The maximum absolute atomic E-state index is 12.0. The molecular weight excluding hydrogens is 212 g/mol. The summed E-state index contributed by atoms with van der Waals surface area (Å²) in [4.78, 5) is 15.1. The van der Waals surface area contributed by atoms with E-state index in [1.54, 1.807) is 6.20 Å². The fourth-order valence-electron chi connectivity index (χ4n) is 1.92. The maximum Gasteiger partial charge on any atom is 0.253 e. The molecule has 0 spiro atoms. The van der Waals surface area contributed by atoms with Gasteiger partial charge in [-0.3, -0.25) is 4.79 Å². The first kappa shape index (κ1) is 11.7. The van der Waals surface area contributed by atoms with Crippen LogP contribution in [-0.2, 0) is 6.42 Å². The number of H-pyrrole nitrogens is 1. The second kappa shape index (κ2) is 4.62. The highest BCUT2D eigenvalue weighted by molar-refractivity contribution is 6.06. The Labute approximate surface area is 101 Å². The van der Waals surface area contributed by atoms with Crippen molar-refractivity contribution in [2.24, 2.45) is 0 Å². The van der Waals surface area contributed by atoms with E-state index < -0.39 is 0 Å². The predicted octanol–water partition coefficient (Wildman–Crippen LogP) is 2.87. The summed E-state index contributed by atoms with van der Waals surface area (Å²) < 4.78 is 0. The van der Waals surface area contributed by atoms with E-state index >= 15 is 0 Å². The van der Waals surface area contributed by atoms with Crippen molar-refractivity contribution in [3.63, 3.8) is 0 Å². The number of fused-ring (bicyclic) bond motifs is 1. The molecule has 0 unspecified atom stereocenters. The molecular formula is C14H18N2O. The van der Waals surface area contributed by atoms with Gasteiger partial charge in [0.2, 0.25) is 0 Å². The number of nitrogens with one attached hydrogen (secondary N) is 2. The van der Waals surface area contributed by atoms with Crippen molar-refractivity contribution in [3.05, 3.63) is 35.5 Å². The fraction of sp³-hybridized carbons (Fsp3) is 0.357. The van der Waals surface area contributed by atoms with Crippen LogP contribution in [0.25, 0.3) is 10.9 Å². The summed E-state index contributed by atoms with van der Waals surface area (Å²) in [5.74, 6) is -0.0143. The van der Waals surface area contributed by atoms with Crippen LogP contribution in [0, 0.1) is 0 Å². The van der Waals surface area contributed by atoms with Crippen molar-refractivity contribution in [1.29, 1.82) is 0 Å².